The van der Waals surface area contributed by atoms with Crippen LogP contribution in [0.1, 0.15) is 71.4 Å². The summed E-state index contributed by atoms with van der Waals surface area (Å²) in [6, 6.07) is 7.53. The van der Waals surface area contributed by atoms with Gasteiger partial charge in [0.2, 0.25) is 11.8 Å². The molecule has 1 saturated carbocycles. The second-order valence-electron chi connectivity index (χ2n) is 8.82. The summed E-state index contributed by atoms with van der Waals surface area (Å²) in [5.74, 6) is 0.793. The maximum absolute atomic E-state index is 13.1. The number of hydrogen-bond donors (Lipinski definition) is 2. The van der Waals surface area contributed by atoms with E-state index >= 15 is 0 Å². The van der Waals surface area contributed by atoms with Crippen molar-refractivity contribution in [3.05, 3.63) is 29.8 Å². The molecule has 6 heteroatoms. The second-order valence-corrected chi connectivity index (χ2v) is 8.82. The normalized spacial score (nSPS) is 16.7. The molecule has 6 nitrogen and oxygen atoms in total. The Balaban J connectivity index is 2.08. The Hall–Kier alpha value is -2.08. The van der Waals surface area contributed by atoms with Crippen molar-refractivity contribution in [2.45, 2.75) is 71.9 Å². The van der Waals surface area contributed by atoms with Crippen LogP contribution in [0.2, 0.25) is 0 Å². The van der Waals surface area contributed by atoms with Gasteiger partial charge in [-0.3, -0.25) is 14.5 Å². The molecule has 2 rings (SSSR count). The zero-order chi connectivity index (χ0) is 22.8. The van der Waals surface area contributed by atoms with E-state index in [0.29, 0.717) is 6.54 Å². The lowest BCUT2D eigenvalue weighted by Crippen LogP contribution is -2.52. The van der Waals surface area contributed by atoms with Gasteiger partial charge < -0.3 is 15.4 Å². The zero-order valence-electron chi connectivity index (χ0n) is 19.9. The number of carbonyl (C=O) groups excluding carboxylic acids is 2. The van der Waals surface area contributed by atoms with Crippen molar-refractivity contribution in [3.63, 3.8) is 0 Å². The predicted octanol–water partition coefficient (Wildman–Crippen LogP) is 3.92. The van der Waals surface area contributed by atoms with E-state index in [9.17, 15) is 9.59 Å². The molecule has 0 heterocycles. The fourth-order valence-corrected chi connectivity index (χ4v) is 4.45. The molecule has 0 aliphatic heterocycles. The number of methoxy groups -OCH3 is 1. The average Bonchev–Trinajstić information content (AvgIpc) is 2.80. The Morgan fingerprint density at radius 1 is 1.13 bits per heavy atom. The molecule has 1 fully saturated rings. The summed E-state index contributed by atoms with van der Waals surface area (Å²) in [5, 5.41) is 6.16. The highest BCUT2D eigenvalue weighted by Crippen LogP contribution is 2.25. The summed E-state index contributed by atoms with van der Waals surface area (Å²) >= 11 is 0. The molecule has 1 aliphatic carbocycles. The first-order valence-corrected chi connectivity index (χ1v) is 11.9. The smallest absolute Gasteiger partial charge is 0.242 e. The maximum Gasteiger partial charge on any atom is 0.242 e. The number of likely N-dealkylation sites (N-methyl/N-ethyl adjacent to an activating group) is 1. The van der Waals surface area contributed by atoms with Gasteiger partial charge in [0, 0.05) is 12.5 Å². The van der Waals surface area contributed by atoms with Crippen LogP contribution in [-0.2, 0) is 9.59 Å². The number of amides is 2. The van der Waals surface area contributed by atoms with Crippen LogP contribution in [0, 0.1) is 11.8 Å². The van der Waals surface area contributed by atoms with Crippen LogP contribution in [0.15, 0.2) is 24.3 Å². The minimum atomic E-state index is -0.517. The fourth-order valence-electron chi connectivity index (χ4n) is 4.45. The number of nitrogens with zero attached hydrogens (tertiary/aromatic N) is 1. The molecule has 2 amide bonds. The summed E-state index contributed by atoms with van der Waals surface area (Å²) in [6.45, 7) is 10.4. The number of carbonyl (C=O) groups is 2. The maximum atomic E-state index is 13.1. The monoisotopic (exact) mass is 431 g/mol. The van der Waals surface area contributed by atoms with Gasteiger partial charge in [-0.1, -0.05) is 59.1 Å². The van der Waals surface area contributed by atoms with Crippen LogP contribution >= 0.6 is 0 Å². The molecule has 0 bridgehead atoms. The lowest BCUT2D eigenvalue weighted by atomic mass is 9.88. The third kappa shape index (κ3) is 7.23. The highest BCUT2D eigenvalue weighted by molar-refractivity contribution is 5.88. The number of ether oxygens (including phenoxy) is 1. The third-order valence-electron chi connectivity index (χ3n) is 6.42. The average molecular weight is 432 g/mol. The number of nitrogens with one attached hydrogen (secondary N) is 2. The van der Waals surface area contributed by atoms with Gasteiger partial charge in [0.1, 0.15) is 11.8 Å². The first kappa shape index (κ1) is 25.2. The van der Waals surface area contributed by atoms with Gasteiger partial charge in [-0.25, -0.2) is 0 Å². The SMILES string of the molecule is CCN(CC)[C@H](CNC(=O)[C@H](NC(=O)C1CCCCC1)C(C)C)c1cccc(OC)c1. The summed E-state index contributed by atoms with van der Waals surface area (Å²) < 4.78 is 5.40. The van der Waals surface area contributed by atoms with E-state index in [4.69, 9.17) is 4.74 Å². The number of benzene rings is 1. The van der Waals surface area contributed by atoms with Crippen LogP contribution in [0.4, 0.5) is 0 Å². The molecule has 1 aliphatic rings. The van der Waals surface area contributed by atoms with E-state index in [1.807, 2.05) is 32.0 Å². The first-order valence-electron chi connectivity index (χ1n) is 11.9. The zero-order valence-corrected chi connectivity index (χ0v) is 19.9. The van der Waals surface area contributed by atoms with E-state index in [0.717, 1.165) is 50.1 Å². The Kier molecular flexibility index (Phi) is 10.3. The topological polar surface area (TPSA) is 70.7 Å². The van der Waals surface area contributed by atoms with Crippen LogP contribution in [-0.4, -0.2) is 49.5 Å². The molecule has 0 aromatic heterocycles. The van der Waals surface area contributed by atoms with Crippen molar-refractivity contribution >= 4 is 11.8 Å². The van der Waals surface area contributed by atoms with Crippen LogP contribution in [0.25, 0.3) is 0 Å². The fraction of sp³-hybridized carbons (Fsp3) is 0.680. The first-order chi connectivity index (χ1) is 14.9. The van der Waals surface area contributed by atoms with Gasteiger partial charge >= 0.3 is 0 Å². The largest absolute Gasteiger partial charge is 0.497 e. The van der Waals surface area contributed by atoms with Crippen molar-refractivity contribution in [3.8, 4) is 5.75 Å². The molecule has 0 saturated heterocycles. The molecule has 0 radical (unpaired) electrons. The Morgan fingerprint density at radius 3 is 2.39 bits per heavy atom. The van der Waals surface area contributed by atoms with E-state index < -0.39 is 6.04 Å². The molecule has 0 spiro atoms. The number of rotatable bonds is 11. The molecule has 2 N–H and O–H groups in total. The summed E-state index contributed by atoms with van der Waals surface area (Å²) in [5.41, 5.74) is 1.11. The predicted molar refractivity (Wildman–Crippen MR) is 125 cm³/mol. The molecule has 1 aromatic rings. The van der Waals surface area contributed by atoms with Gasteiger partial charge in [-0.15, -0.1) is 0 Å². The summed E-state index contributed by atoms with van der Waals surface area (Å²) in [4.78, 5) is 28.1. The molecule has 2 atom stereocenters. The molecule has 174 valence electrons. The Labute approximate surface area is 188 Å². The lowest BCUT2D eigenvalue weighted by molar-refractivity contribution is -0.132. The summed E-state index contributed by atoms with van der Waals surface area (Å²) in [7, 11) is 1.66. The van der Waals surface area contributed by atoms with Crippen LogP contribution in [0.5, 0.6) is 5.75 Å². The van der Waals surface area contributed by atoms with Crippen molar-refractivity contribution in [1.82, 2.24) is 15.5 Å². The minimum Gasteiger partial charge on any atom is -0.497 e. The second kappa shape index (κ2) is 12.7. The van der Waals surface area contributed by atoms with Gasteiger partial charge in [0.05, 0.1) is 13.2 Å². The quantitative estimate of drug-likeness (QED) is 0.557. The third-order valence-corrected chi connectivity index (χ3v) is 6.42. The van der Waals surface area contributed by atoms with E-state index in [2.05, 4.69) is 35.4 Å². The molecular formula is C25H41N3O3. The van der Waals surface area contributed by atoms with Crippen molar-refractivity contribution in [2.24, 2.45) is 11.8 Å². The summed E-state index contributed by atoms with van der Waals surface area (Å²) in [6.07, 6.45) is 5.26. The van der Waals surface area contributed by atoms with Crippen molar-refractivity contribution < 1.29 is 14.3 Å². The Bertz CT molecular complexity index is 697. The van der Waals surface area contributed by atoms with Gasteiger partial charge in [0.15, 0.2) is 0 Å². The highest BCUT2D eigenvalue weighted by Gasteiger charge is 2.29. The minimum absolute atomic E-state index is 0.0243. The van der Waals surface area contributed by atoms with Gasteiger partial charge in [-0.2, -0.15) is 0 Å². The van der Waals surface area contributed by atoms with Gasteiger partial charge in [-0.05, 0) is 49.5 Å². The Morgan fingerprint density at radius 2 is 1.81 bits per heavy atom. The van der Waals surface area contributed by atoms with Crippen molar-refractivity contribution in [1.29, 1.82) is 0 Å². The van der Waals surface area contributed by atoms with Gasteiger partial charge in [0.25, 0.3) is 0 Å². The van der Waals surface area contributed by atoms with E-state index in [-0.39, 0.29) is 29.7 Å². The van der Waals surface area contributed by atoms with Crippen LogP contribution in [0.3, 0.4) is 0 Å². The van der Waals surface area contributed by atoms with Crippen molar-refractivity contribution in [2.75, 3.05) is 26.7 Å². The van der Waals surface area contributed by atoms with E-state index in [1.165, 1.54) is 6.42 Å². The molecular weight excluding hydrogens is 390 g/mol. The molecule has 1 aromatic carbocycles. The standard InChI is InChI=1S/C25H41N3O3/c1-6-28(7-2)22(20-14-11-15-21(16-20)31-5)17-26-25(30)23(18(3)4)27-24(29)19-12-9-8-10-13-19/h11,14-16,18-19,22-23H,6-10,12-13,17H2,1-5H3,(H,26,30)(H,27,29)/t22-,23-/m1/s1. The highest BCUT2D eigenvalue weighted by atomic mass is 16.5. The van der Waals surface area contributed by atoms with E-state index in [1.54, 1.807) is 7.11 Å². The molecule has 31 heavy (non-hydrogen) atoms. The number of hydrogen-bond acceptors (Lipinski definition) is 4. The molecule has 0 unspecified atom stereocenters. The lowest BCUT2D eigenvalue weighted by Gasteiger charge is -2.32. The van der Waals surface area contributed by atoms with Crippen LogP contribution < -0.4 is 15.4 Å².